The number of hydrogen-bond acceptors (Lipinski definition) is 3. The van der Waals surface area contributed by atoms with Crippen LogP contribution in [-0.2, 0) is 4.79 Å². The lowest BCUT2D eigenvalue weighted by Crippen LogP contribution is -2.15. The molecule has 0 saturated carbocycles. The Morgan fingerprint density at radius 3 is 2.64 bits per heavy atom. The van der Waals surface area contributed by atoms with Gasteiger partial charge in [0.2, 0.25) is 5.91 Å². The highest BCUT2D eigenvalue weighted by atomic mass is 16.5. The lowest BCUT2D eigenvalue weighted by Gasteiger charge is -2.07. The van der Waals surface area contributed by atoms with E-state index in [4.69, 9.17) is 4.74 Å². The molecule has 0 aliphatic carbocycles. The number of carbonyl (C=O) groups excluding carboxylic acids is 1. The highest BCUT2D eigenvalue weighted by molar-refractivity contribution is 5.93. The standard InChI is InChI=1S/C16H15N3O3/c20-15(8-9-22-12-4-2-1-3-5-12)17-11-6-7-13-14(10-11)19-16(21)18-13/h1-7,10H,8-9H2,(H,17,20)(H2,18,19,21). The van der Waals surface area contributed by atoms with Gasteiger partial charge in [0, 0.05) is 5.69 Å². The monoisotopic (exact) mass is 297 g/mol. The Bertz CT molecular complexity index is 836. The summed E-state index contributed by atoms with van der Waals surface area (Å²) in [4.78, 5) is 28.4. The Balaban J connectivity index is 1.55. The second-order valence-electron chi connectivity index (χ2n) is 4.80. The third-order valence-electron chi connectivity index (χ3n) is 3.14. The molecule has 3 N–H and O–H groups in total. The van der Waals surface area contributed by atoms with Crippen LogP contribution in [0.15, 0.2) is 53.3 Å². The molecule has 1 aromatic heterocycles. The summed E-state index contributed by atoms with van der Waals surface area (Å²) in [6.45, 7) is 0.305. The fraction of sp³-hybridized carbons (Fsp3) is 0.125. The summed E-state index contributed by atoms with van der Waals surface area (Å²) in [7, 11) is 0. The number of anilines is 1. The number of benzene rings is 2. The quantitative estimate of drug-likeness (QED) is 0.675. The Morgan fingerprint density at radius 2 is 1.82 bits per heavy atom. The molecule has 0 atom stereocenters. The Morgan fingerprint density at radius 1 is 1.05 bits per heavy atom. The van der Waals surface area contributed by atoms with E-state index in [9.17, 15) is 9.59 Å². The van der Waals surface area contributed by atoms with Gasteiger partial charge in [-0.25, -0.2) is 4.79 Å². The van der Waals surface area contributed by atoms with Crippen LogP contribution in [-0.4, -0.2) is 22.5 Å². The van der Waals surface area contributed by atoms with Crippen LogP contribution in [0.5, 0.6) is 5.75 Å². The Kier molecular flexibility index (Phi) is 3.91. The van der Waals surface area contributed by atoms with Crippen LogP contribution in [0.2, 0.25) is 0 Å². The predicted molar refractivity (Wildman–Crippen MR) is 84.1 cm³/mol. The molecule has 0 aliphatic rings. The lowest BCUT2D eigenvalue weighted by molar-refractivity contribution is -0.116. The molecule has 22 heavy (non-hydrogen) atoms. The van der Waals surface area contributed by atoms with E-state index in [1.54, 1.807) is 18.2 Å². The van der Waals surface area contributed by atoms with Gasteiger partial charge in [0.15, 0.2) is 0 Å². The smallest absolute Gasteiger partial charge is 0.323 e. The third-order valence-corrected chi connectivity index (χ3v) is 3.14. The molecule has 0 unspecified atom stereocenters. The maximum Gasteiger partial charge on any atom is 0.323 e. The average Bonchev–Trinajstić information content (AvgIpc) is 2.87. The van der Waals surface area contributed by atoms with E-state index in [0.29, 0.717) is 23.3 Å². The van der Waals surface area contributed by atoms with Gasteiger partial charge in [-0.2, -0.15) is 0 Å². The zero-order chi connectivity index (χ0) is 15.4. The first kappa shape index (κ1) is 13.9. The van der Waals surface area contributed by atoms with Gasteiger partial charge in [-0.3, -0.25) is 4.79 Å². The van der Waals surface area contributed by atoms with Crippen molar-refractivity contribution in [2.45, 2.75) is 6.42 Å². The zero-order valence-corrected chi connectivity index (χ0v) is 11.8. The molecular formula is C16H15N3O3. The summed E-state index contributed by atoms with van der Waals surface area (Å²) in [6.07, 6.45) is 0.247. The minimum Gasteiger partial charge on any atom is -0.493 e. The average molecular weight is 297 g/mol. The van der Waals surface area contributed by atoms with Gasteiger partial charge in [-0.1, -0.05) is 18.2 Å². The van der Waals surface area contributed by atoms with Crippen molar-refractivity contribution in [3.8, 4) is 5.75 Å². The molecule has 2 aromatic carbocycles. The number of ether oxygens (including phenoxy) is 1. The molecule has 0 spiro atoms. The number of imidazole rings is 1. The molecule has 6 nitrogen and oxygen atoms in total. The van der Waals surface area contributed by atoms with Gasteiger partial charge in [0.25, 0.3) is 0 Å². The van der Waals surface area contributed by atoms with E-state index in [2.05, 4.69) is 15.3 Å². The number of H-pyrrole nitrogens is 2. The third kappa shape index (κ3) is 3.35. The van der Waals surface area contributed by atoms with Crippen molar-refractivity contribution in [2.24, 2.45) is 0 Å². The highest BCUT2D eigenvalue weighted by Gasteiger charge is 2.05. The number of rotatable bonds is 5. The van der Waals surface area contributed by atoms with Crippen molar-refractivity contribution < 1.29 is 9.53 Å². The van der Waals surface area contributed by atoms with Crippen molar-refractivity contribution in [1.82, 2.24) is 9.97 Å². The van der Waals surface area contributed by atoms with Gasteiger partial charge in [-0.15, -0.1) is 0 Å². The molecule has 112 valence electrons. The molecular weight excluding hydrogens is 282 g/mol. The van der Waals surface area contributed by atoms with Crippen molar-refractivity contribution in [3.05, 3.63) is 59.0 Å². The number of para-hydroxylation sites is 1. The predicted octanol–water partition coefficient (Wildman–Crippen LogP) is 2.26. The van der Waals surface area contributed by atoms with Crippen LogP contribution in [0.4, 0.5) is 5.69 Å². The first-order valence-corrected chi connectivity index (χ1v) is 6.90. The van der Waals surface area contributed by atoms with Crippen LogP contribution in [0.1, 0.15) is 6.42 Å². The Labute approximate surface area is 126 Å². The van der Waals surface area contributed by atoms with Gasteiger partial charge in [0.05, 0.1) is 24.1 Å². The summed E-state index contributed by atoms with van der Waals surface area (Å²) in [5, 5.41) is 2.77. The van der Waals surface area contributed by atoms with E-state index >= 15 is 0 Å². The number of nitrogens with one attached hydrogen (secondary N) is 3. The minimum absolute atomic E-state index is 0.145. The van der Waals surface area contributed by atoms with Crippen LogP contribution >= 0.6 is 0 Å². The van der Waals surface area contributed by atoms with Crippen molar-refractivity contribution in [2.75, 3.05) is 11.9 Å². The molecule has 3 rings (SSSR count). The van der Waals surface area contributed by atoms with Crippen LogP contribution < -0.4 is 15.7 Å². The van der Waals surface area contributed by atoms with Crippen LogP contribution in [0.3, 0.4) is 0 Å². The van der Waals surface area contributed by atoms with E-state index in [1.807, 2.05) is 30.3 Å². The topological polar surface area (TPSA) is 87.0 Å². The van der Waals surface area contributed by atoms with Crippen LogP contribution in [0.25, 0.3) is 11.0 Å². The van der Waals surface area contributed by atoms with Crippen molar-refractivity contribution >= 4 is 22.6 Å². The SMILES string of the molecule is O=C(CCOc1ccccc1)Nc1ccc2[nH]c(=O)[nH]c2c1. The van der Waals surface area contributed by atoms with Gasteiger partial charge < -0.3 is 20.0 Å². The normalized spacial score (nSPS) is 10.5. The summed E-state index contributed by atoms with van der Waals surface area (Å²) in [5.74, 6) is 0.592. The summed E-state index contributed by atoms with van der Waals surface area (Å²) < 4.78 is 5.47. The molecule has 0 saturated heterocycles. The molecule has 0 radical (unpaired) electrons. The zero-order valence-electron chi connectivity index (χ0n) is 11.8. The van der Waals surface area contributed by atoms with E-state index in [-0.39, 0.29) is 18.0 Å². The lowest BCUT2D eigenvalue weighted by atomic mass is 10.2. The molecule has 3 aromatic rings. The number of hydrogen-bond donors (Lipinski definition) is 3. The molecule has 0 fully saturated rings. The van der Waals surface area contributed by atoms with E-state index in [1.165, 1.54) is 0 Å². The van der Waals surface area contributed by atoms with Gasteiger partial charge in [0.1, 0.15) is 5.75 Å². The second kappa shape index (κ2) is 6.17. The minimum atomic E-state index is -0.269. The fourth-order valence-electron chi connectivity index (χ4n) is 2.11. The van der Waals surface area contributed by atoms with Crippen molar-refractivity contribution in [1.29, 1.82) is 0 Å². The van der Waals surface area contributed by atoms with Crippen LogP contribution in [0, 0.1) is 0 Å². The molecule has 0 bridgehead atoms. The molecule has 0 aliphatic heterocycles. The van der Waals surface area contributed by atoms with E-state index < -0.39 is 0 Å². The van der Waals surface area contributed by atoms with Gasteiger partial charge >= 0.3 is 5.69 Å². The highest BCUT2D eigenvalue weighted by Crippen LogP contribution is 2.15. The first-order chi connectivity index (χ1) is 10.7. The molecule has 6 heteroatoms. The maximum absolute atomic E-state index is 11.9. The summed E-state index contributed by atoms with van der Waals surface area (Å²) >= 11 is 0. The van der Waals surface area contributed by atoms with Gasteiger partial charge in [-0.05, 0) is 30.3 Å². The second-order valence-corrected chi connectivity index (χ2v) is 4.80. The van der Waals surface area contributed by atoms with Crippen molar-refractivity contribution in [3.63, 3.8) is 0 Å². The molecule has 1 amide bonds. The van der Waals surface area contributed by atoms with E-state index in [0.717, 1.165) is 5.75 Å². The largest absolute Gasteiger partial charge is 0.493 e. The summed E-state index contributed by atoms with van der Waals surface area (Å²) in [5.41, 5.74) is 1.72. The Hall–Kier alpha value is -3.02. The fourth-order valence-corrected chi connectivity index (χ4v) is 2.11. The summed E-state index contributed by atoms with van der Waals surface area (Å²) in [6, 6.07) is 14.5. The number of aromatic nitrogens is 2. The molecule has 1 heterocycles. The maximum atomic E-state index is 11.9. The number of amides is 1. The number of fused-ring (bicyclic) bond motifs is 1. The first-order valence-electron chi connectivity index (χ1n) is 6.90. The number of aromatic amines is 2. The number of carbonyl (C=O) groups is 1.